The first-order chi connectivity index (χ1) is 16.0. The molecule has 1 saturated heterocycles. The van der Waals surface area contributed by atoms with Gasteiger partial charge < -0.3 is 10.2 Å². The minimum atomic E-state index is -5.08. The summed E-state index contributed by atoms with van der Waals surface area (Å²) in [5.41, 5.74) is -2.04. The molecule has 2 aliphatic heterocycles. The first kappa shape index (κ1) is 23.3. The molecule has 0 saturated carbocycles. The number of hydrogen-bond donors (Lipinski definition) is 2. The minimum Gasteiger partial charge on any atom is -0.337 e. The number of nitrogens with one attached hydrogen (secondary N) is 2. The summed E-state index contributed by atoms with van der Waals surface area (Å²) in [5, 5.41) is 3.70. The predicted octanol–water partition coefficient (Wildman–Crippen LogP) is 2.76. The number of nitrogens with zero attached hydrogens (tertiary/aromatic N) is 1. The van der Waals surface area contributed by atoms with Crippen LogP contribution in [-0.4, -0.2) is 40.7 Å². The highest BCUT2D eigenvalue weighted by Crippen LogP contribution is 2.35. The number of carbonyl (C=O) groups excluding carboxylic acids is 4. The van der Waals surface area contributed by atoms with E-state index < -0.39 is 71.2 Å². The van der Waals surface area contributed by atoms with Gasteiger partial charge in [-0.25, -0.2) is 8.78 Å². The van der Waals surface area contributed by atoms with E-state index in [1.54, 1.807) is 5.32 Å². The van der Waals surface area contributed by atoms with Gasteiger partial charge in [-0.2, -0.15) is 13.2 Å². The van der Waals surface area contributed by atoms with Crippen LogP contribution >= 0.6 is 0 Å². The first-order valence-corrected chi connectivity index (χ1v) is 10.1. The number of halogens is 5. The monoisotopic (exact) mass is 481 g/mol. The van der Waals surface area contributed by atoms with Crippen LogP contribution in [-0.2, 0) is 16.1 Å². The number of hydrogen-bond acceptors (Lipinski definition) is 4. The second-order valence-corrected chi connectivity index (χ2v) is 7.82. The largest absolute Gasteiger partial charge is 0.412 e. The Bertz CT molecular complexity index is 1210. The van der Waals surface area contributed by atoms with Gasteiger partial charge in [-0.1, -0.05) is 18.2 Å². The number of amides is 4. The smallest absolute Gasteiger partial charge is 0.337 e. The Kier molecular flexibility index (Phi) is 5.84. The van der Waals surface area contributed by atoms with Crippen LogP contribution < -0.4 is 10.6 Å². The van der Waals surface area contributed by atoms with E-state index in [2.05, 4.69) is 5.32 Å². The summed E-state index contributed by atoms with van der Waals surface area (Å²) in [4.78, 5) is 49.8. The number of piperidine rings is 1. The standard InChI is InChI=1S/C22H16F5N3O4/c23-14-4-2-1-3-11(14)18(22(25,26)27)29-19(32)12-6-5-10-13(17(12)24)9-30(21(10)34)15-7-8-16(31)28-20(15)33/h1-6,15,18H,7-9H2,(H,29,32)(H,28,31,33)/t15?,18-/m1/s1. The van der Waals surface area contributed by atoms with E-state index >= 15 is 4.39 Å². The fourth-order valence-corrected chi connectivity index (χ4v) is 4.03. The van der Waals surface area contributed by atoms with Crippen molar-refractivity contribution < 1.29 is 41.1 Å². The van der Waals surface area contributed by atoms with E-state index in [-0.39, 0.29) is 24.0 Å². The van der Waals surface area contributed by atoms with Gasteiger partial charge in [-0.05, 0) is 24.6 Å². The maximum Gasteiger partial charge on any atom is 0.412 e. The van der Waals surface area contributed by atoms with Crippen LogP contribution in [0.1, 0.15) is 50.7 Å². The quantitative estimate of drug-likeness (QED) is 0.519. The summed E-state index contributed by atoms with van der Waals surface area (Å²) < 4.78 is 69.9. The van der Waals surface area contributed by atoms with E-state index in [0.717, 1.165) is 35.2 Å². The molecule has 178 valence electrons. The van der Waals surface area contributed by atoms with Gasteiger partial charge in [0.15, 0.2) is 6.04 Å². The van der Waals surface area contributed by atoms with E-state index in [1.165, 1.54) is 6.07 Å². The van der Waals surface area contributed by atoms with E-state index in [4.69, 9.17) is 0 Å². The highest BCUT2D eigenvalue weighted by atomic mass is 19.4. The van der Waals surface area contributed by atoms with Crippen molar-refractivity contribution in [3.05, 3.63) is 70.3 Å². The molecule has 2 atom stereocenters. The van der Waals surface area contributed by atoms with Gasteiger partial charge in [0.2, 0.25) is 11.8 Å². The molecular weight excluding hydrogens is 465 g/mol. The van der Waals surface area contributed by atoms with Gasteiger partial charge in [0.1, 0.15) is 17.7 Å². The number of alkyl halides is 3. The molecule has 0 bridgehead atoms. The number of benzene rings is 2. The highest BCUT2D eigenvalue weighted by Gasteiger charge is 2.44. The molecule has 34 heavy (non-hydrogen) atoms. The molecule has 0 spiro atoms. The van der Waals surface area contributed by atoms with Crippen molar-refractivity contribution in [1.29, 1.82) is 0 Å². The van der Waals surface area contributed by atoms with Crippen LogP contribution in [0.3, 0.4) is 0 Å². The van der Waals surface area contributed by atoms with Gasteiger partial charge in [0, 0.05) is 23.1 Å². The van der Waals surface area contributed by atoms with E-state index in [1.807, 2.05) is 0 Å². The van der Waals surface area contributed by atoms with Crippen molar-refractivity contribution in [2.75, 3.05) is 0 Å². The molecule has 0 radical (unpaired) electrons. The van der Waals surface area contributed by atoms with Crippen LogP contribution in [0.15, 0.2) is 36.4 Å². The van der Waals surface area contributed by atoms with Crippen LogP contribution in [0.2, 0.25) is 0 Å². The molecule has 2 aliphatic rings. The lowest BCUT2D eigenvalue weighted by Crippen LogP contribution is -2.52. The van der Waals surface area contributed by atoms with Crippen molar-refractivity contribution in [3.63, 3.8) is 0 Å². The van der Waals surface area contributed by atoms with Crippen LogP contribution in [0, 0.1) is 11.6 Å². The zero-order valence-corrected chi connectivity index (χ0v) is 17.2. The second kappa shape index (κ2) is 8.50. The molecule has 4 rings (SSSR count). The molecular formula is C22H16F5N3O4. The molecule has 2 heterocycles. The topological polar surface area (TPSA) is 95.6 Å². The maximum absolute atomic E-state index is 15.2. The molecule has 1 unspecified atom stereocenters. The minimum absolute atomic E-state index is 0.0231. The zero-order valence-electron chi connectivity index (χ0n) is 17.2. The van der Waals surface area contributed by atoms with Crippen molar-refractivity contribution in [2.24, 2.45) is 0 Å². The van der Waals surface area contributed by atoms with Crippen LogP contribution in [0.5, 0.6) is 0 Å². The number of carbonyl (C=O) groups is 4. The molecule has 0 aliphatic carbocycles. The lowest BCUT2D eigenvalue weighted by atomic mass is 10.0. The summed E-state index contributed by atoms with van der Waals surface area (Å²) in [6.45, 7) is -0.413. The molecule has 0 aromatic heterocycles. The average molecular weight is 481 g/mol. The summed E-state index contributed by atoms with van der Waals surface area (Å²) in [6, 6.07) is 2.14. The molecule has 2 aromatic carbocycles. The van der Waals surface area contributed by atoms with Gasteiger partial charge in [-0.15, -0.1) is 0 Å². The number of rotatable bonds is 4. The molecule has 2 aromatic rings. The lowest BCUT2D eigenvalue weighted by molar-refractivity contribution is -0.155. The molecule has 12 heteroatoms. The summed E-state index contributed by atoms with van der Waals surface area (Å²) in [7, 11) is 0. The molecule has 4 amide bonds. The third-order valence-electron chi connectivity index (χ3n) is 5.71. The highest BCUT2D eigenvalue weighted by molar-refractivity contribution is 6.06. The van der Waals surface area contributed by atoms with Crippen molar-refractivity contribution >= 4 is 23.6 Å². The normalized spacial score (nSPS) is 19.0. The Labute approximate surface area is 188 Å². The first-order valence-electron chi connectivity index (χ1n) is 10.1. The number of fused-ring (bicyclic) bond motifs is 1. The summed E-state index contributed by atoms with van der Waals surface area (Å²) in [6.07, 6.45) is -5.08. The lowest BCUT2D eigenvalue weighted by Gasteiger charge is -2.29. The molecule has 1 fully saturated rings. The van der Waals surface area contributed by atoms with Gasteiger partial charge in [0.05, 0.1) is 12.1 Å². The fraction of sp³-hybridized carbons (Fsp3) is 0.273. The molecule has 7 nitrogen and oxygen atoms in total. The van der Waals surface area contributed by atoms with Crippen molar-refractivity contribution in [3.8, 4) is 0 Å². The maximum atomic E-state index is 15.2. The van der Waals surface area contributed by atoms with E-state index in [0.29, 0.717) is 0 Å². The third kappa shape index (κ3) is 4.11. The SMILES string of the molecule is O=C1CCC(N2Cc3c(ccc(C(=O)N[C@H](c4ccccc4F)C(F)(F)F)c3F)C2=O)C(=O)N1. The summed E-state index contributed by atoms with van der Waals surface area (Å²) in [5.74, 6) is -5.84. The van der Waals surface area contributed by atoms with E-state index in [9.17, 15) is 36.7 Å². The van der Waals surface area contributed by atoms with Crippen molar-refractivity contribution in [2.45, 2.75) is 37.6 Å². The predicted molar refractivity (Wildman–Crippen MR) is 105 cm³/mol. The Morgan fingerprint density at radius 2 is 1.79 bits per heavy atom. The van der Waals surface area contributed by atoms with Gasteiger partial charge in [0.25, 0.3) is 11.8 Å². The fourth-order valence-electron chi connectivity index (χ4n) is 4.03. The molecule has 2 N–H and O–H groups in total. The van der Waals surface area contributed by atoms with Crippen molar-refractivity contribution in [1.82, 2.24) is 15.5 Å². The summed E-state index contributed by atoms with van der Waals surface area (Å²) >= 11 is 0. The Hall–Kier alpha value is -3.83. The average Bonchev–Trinajstić information content (AvgIpc) is 3.09. The Balaban J connectivity index is 1.61. The Morgan fingerprint density at radius 3 is 2.44 bits per heavy atom. The van der Waals surface area contributed by atoms with Crippen LogP contribution in [0.4, 0.5) is 22.0 Å². The van der Waals surface area contributed by atoms with Gasteiger partial charge >= 0.3 is 6.18 Å². The second-order valence-electron chi connectivity index (χ2n) is 7.82. The third-order valence-corrected chi connectivity index (χ3v) is 5.71. The number of imide groups is 1. The Morgan fingerprint density at radius 1 is 1.09 bits per heavy atom. The van der Waals surface area contributed by atoms with Crippen LogP contribution in [0.25, 0.3) is 0 Å². The zero-order chi connectivity index (χ0) is 24.8. The van der Waals surface area contributed by atoms with Gasteiger partial charge in [-0.3, -0.25) is 24.5 Å².